The number of benzene rings is 1. The number of rotatable bonds is 13. The van der Waals surface area contributed by atoms with Crippen LogP contribution in [0.4, 0.5) is 5.69 Å². The lowest BCUT2D eigenvalue weighted by molar-refractivity contribution is -0.140. The number of nitrogens with one attached hydrogen (secondary N) is 1. The van der Waals surface area contributed by atoms with Crippen molar-refractivity contribution in [3.05, 3.63) is 24.3 Å². The van der Waals surface area contributed by atoms with Crippen molar-refractivity contribution in [2.75, 3.05) is 38.2 Å². The SMILES string of the molecule is CCCCCC(C)(OCCC)C(=O)Nc1ccc(OCCN2CCCC(C)C2)cc1. The predicted octanol–water partition coefficient (Wildman–Crippen LogP) is 5.50. The third-order valence-electron chi connectivity index (χ3n) is 5.89. The highest BCUT2D eigenvalue weighted by molar-refractivity contribution is 5.97. The monoisotopic (exact) mass is 418 g/mol. The number of likely N-dealkylation sites (tertiary alicyclic amines) is 1. The first kappa shape index (κ1) is 24.7. The quantitative estimate of drug-likeness (QED) is 0.430. The van der Waals surface area contributed by atoms with E-state index in [0.717, 1.165) is 56.0 Å². The van der Waals surface area contributed by atoms with Crippen LogP contribution in [0.3, 0.4) is 0 Å². The largest absolute Gasteiger partial charge is 0.492 e. The van der Waals surface area contributed by atoms with Crippen molar-refractivity contribution in [3.8, 4) is 5.75 Å². The summed E-state index contributed by atoms with van der Waals surface area (Å²) in [6.45, 7) is 13.1. The average molecular weight is 419 g/mol. The molecule has 170 valence electrons. The summed E-state index contributed by atoms with van der Waals surface area (Å²) < 4.78 is 11.9. The second-order valence-corrected chi connectivity index (χ2v) is 8.91. The van der Waals surface area contributed by atoms with Gasteiger partial charge in [-0.1, -0.05) is 40.0 Å². The van der Waals surface area contributed by atoms with Crippen LogP contribution in [0.25, 0.3) is 0 Å². The summed E-state index contributed by atoms with van der Waals surface area (Å²) in [6, 6.07) is 7.66. The van der Waals surface area contributed by atoms with E-state index < -0.39 is 5.60 Å². The zero-order valence-electron chi connectivity index (χ0n) is 19.5. The molecule has 2 atom stereocenters. The summed E-state index contributed by atoms with van der Waals surface area (Å²) in [5.41, 5.74) is -0.00891. The maximum atomic E-state index is 12.9. The molecule has 0 radical (unpaired) electrons. The summed E-state index contributed by atoms with van der Waals surface area (Å²) in [6.07, 6.45) is 7.50. The van der Waals surface area contributed by atoms with Gasteiger partial charge in [-0.3, -0.25) is 9.69 Å². The molecule has 1 aliphatic heterocycles. The van der Waals surface area contributed by atoms with E-state index in [2.05, 4.69) is 31.0 Å². The van der Waals surface area contributed by atoms with Gasteiger partial charge < -0.3 is 14.8 Å². The highest BCUT2D eigenvalue weighted by atomic mass is 16.5. The van der Waals surface area contributed by atoms with Crippen molar-refractivity contribution in [1.29, 1.82) is 0 Å². The fourth-order valence-electron chi connectivity index (χ4n) is 3.97. The molecule has 5 heteroatoms. The van der Waals surface area contributed by atoms with Gasteiger partial charge in [-0.25, -0.2) is 0 Å². The molecule has 2 unspecified atom stereocenters. The van der Waals surface area contributed by atoms with Crippen LogP contribution in [-0.2, 0) is 9.53 Å². The Labute approximate surface area is 183 Å². The fraction of sp³-hybridized carbons (Fsp3) is 0.720. The number of nitrogens with zero attached hydrogens (tertiary/aromatic N) is 1. The Morgan fingerprint density at radius 2 is 1.93 bits per heavy atom. The fourth-order valence-corrected chi connectivity index (χ4v) is 3.97. The van der Waals surface area contributed by atoms with Crippen LogP contribution in [0.15, 0.2) is 24.3 Å². The molecule has 1 fully saturated rings. The van der Waals surface area contributed by atoms with Crippen LogP contribution in [0, 0.1) is 5.92 Å². The van der Waals surface area contributed by atoms with Crippen LogP contribution in [0.5, 0.6) is 5.75 Å². The first-order valence-corrected chi connectivity index (χ1v) is 11.9. The molecule has 0 bridgehead atoms. The molecule has 1 aliphatic rings. The Hall–Kier alpha value is -1.59. The van der Waals surface area contributed by atoms with Gasteiger partial charge >= 0.3 is 0 Å². The number of anilines is 1. The van der Waals surface area contributed by atoms with E-state index in [0.29, 0.717) is 13.2 Å². The van der Waals surface area contributed by atoms with E-state index in [4.69, 9.17) is 9.47 Å². The van der Waals surface area contributed by atoms with Gasteiger partial charge in [0.25, 0.3) is 5.91 Å². The number of amides is 1. The minimum atomic E-state index is -0.786. The first-order chi connectivity index (χ1) is 14.5. The second-order valence-electron chi connectivity index (χ2n) is 8.91. The molecule has 1 aromatic carbocycles. The van der Waals surface area contributed by atoms with E-state index in [9.17, 15) is 4.79 Å². The van der Waals surface area contributed by atoms with Gasteiger partial charge in [-0.05, 0) is 69.3 Å². The molecule has 1 heterocycles. The van der Waals surface area contributed by atoms with Gasteiger partial charge in [0, 0.05) is 25.4 Å². The summed E-state index contributed by atoms with van der Waals surface area (Å²) in [7, 11) is 0. The van der Waals surface area contributed by atoms with Crippen molar-refractivity contribution in [1.82, 2.24) is 4.90 Å². The van der Waals surface area contributed by atoms with E-state index in [1.165, 1.54) is 25.9 Å². The van der Waals surface area contributed by atoms with Gasteiger partial charge in [0.1, 0.15) is 18.0 Å². The van der Waals surface area contributed by atoms with Gasteiger partial charge in [0.05, 0.1) is 0 Å². The maximum absolute atomic E-state index is 12.9. The minimum absolute atomic E-state index is 0.0695. The normalized spacial score (nSPS) is 19.3. The molecular weight excluding hydrogens is 376 g/mol. The number of hydrogen-bond acceptors (Lipinski definition) is 4. The Bertz CT molecular complexity index is 619. The van der Waals surface area contributed by atoms with Crippen molar-refractivity contribution >= 4 is 11.6 Å². The lowest BCUT2D eigenvalue weighted by Gasteiger charge is -2.30. The first-order valence-electron chi connectivity index (χ1n) is 11.9. The van der Waals surface area contributed by atoms with E-state index in [1.807, 2.05) is 31.2 Å². The topological polar surface area (TPSA) is 50.8 Å². The minimum Gasteiger partial charge on any atom is -0.492 e. The van der Waals surface area contributed by atoms with Gasteiger partial charge in [0.2, 0.25) is 0 Å². The third-order valence-corrected chi connectivity index (χ3v) is 5.89. The van der Waals surface area contributed by atoms with Crippen LogP contribution >= 0.6 is 0 Å². The Balaban J connectivity index is 1.82. The Kier molecular flexibility index (Phi) is 10.7. The zero-order valence-corrected chi connectivity index (χ0v) is 19.5. The molecule has 0 spiro atoms. The molecule has 0 aliphatic carbocycles. The van der Waals surface area contributed by atoms with Crippen LogP contribution < -0.4 is 10.1 Å². The summed E-state index contributed by atoms with van der Waals surface area (Å²) in [5.74, 6) is 1.56. The molecule has 2 rings (SSSR count). The predicted molar refractivity (Wildman–Crippen MR) is 124 cm³/mol. The number of ether oxygens (including phenoxy) is 2. The smallest absolute Gasteiger partial charge is 0.256 e. The summed E-state index contributed by atoms with van der Waals surface area (Å²) >= 11 is 0. The average Bonchev–Trinajstić information content (AvgIpc) is 2.74. The molecule has 5 nitrogen and oxygen atoms in total. The molecule has 0 saturated carbocycles. The van der Waals surface area contributed by atoms with Gasteiger partial charge in [-0.15, -0.1) is 0 Å². The van der Waals surface area contributed by atoms with E-state index in [-0.39, 0.29) is 5.91 Å². The summed E-state index contributed by atoms with van der Waals surface area (Å²) in [5, 5.41) is 3.03. The second kappa shape index (κ2) is 13.0. The molecule has 1 aromatic rings. The zero-order chi connectivity index (χ0) is 21.8. The van der Waals surface area contributed by atoms with E-state index >= 15 is 0 Å². The van der Waals surface area contributed by atoms with Crippen molar-refractivity contribution in [3.63, 3.8) is 0 Å². The molecular formula is C25H42N2O3. The van der Waals surface area contributed by atoms with Crippen LogP contribution in [0.1, 0.15) is 72.6 Å². The Morgan fingerprint density at radius 1 is 1.17 bits per heavy atom. The van der Waals surface area contributed by atoms with Crippen molar-refractivity contribution < 1.29 is 14.3 Å². The number of carbonyl (C=O) groups is 1. The molecule has 1 N–H and O–H groups in total. The number of carbonyl (C=O) groups excluding carboxylic acids is 1. The van der Waals surface area contributed by atoms with Crippen molar-refractivity contribution in [2.45, 2.75) is 78.2 Å². The number of unbranched alkanes of at least 4 members (excludes halogenated alkanes) is 2. The van der Waals surface area contributed by atoms with Crippen molar-refractivity contribution in [2.24, 2.45) is 5.92 Å². The lowest BCUT2D eigenvalue weighted by atomic mass is 9.96. The maximum Gasteiger partial charge on any atom is 0.256 e. The summed E-state index contributed by atoms with van der Waals surface area (Å²) in [4.78, 5) is 15.4. The van der Waals surface area contributed by atoms with Crippen LogP contribution in [-0.4, -0.2) is 49.3 Å². The molecule has 1 amide bonds. The highest BCUT2D eigenvalue weighted by Gasteiger charge is 2.33. The molecule has 30 heavy (non-hydrogen) atoms. The number of piperidine rings is 1. The third kappa shape index (κ3) is 8.27. The van der Waals surface area contributed by atoms with Gasteiger partial charge in [0.15, 0.2) is 0 Å². The molecule has 0 aromatic heterocycles. The lowest BCUT2D eigenvalue weighted by Crippen LogP contribution is -2.43. The van der Waals surface area contributed by atoms with Crippen LogP contribution in [0.2, 0.25) is 0 Å². The highest BCUT2D eigenvalue weighted by Crippen LogP contribution is 2.24. The Morgan fingerprint density at radius 3 is 2.60 bits per heavy atom. The standard InChI is InChI=1S/C25H42N2O3/c1-5-7-8-15-25(4,30-18-6-2)24(28)26-22-11-13-23(14-12-22)29-19-17-27-16-9-10-21(3)20-27/h11-14,21H,5-10,15-20H2,1-4H3,(H,26,28). The number of hydrogen-bond donors (Lipinski definition) is 1. The molecule has 1 saturated heterocycles. The van der Waals surface area contributed by atoms with E-state index in [1.54, 1.807) is 0 Å². The van der Waals surface area contributed by atoms with Gasteiger partial charge in [-0.2, -0.15) is 0 Å².